The van der Waals surface area contributed by atoms with Gasteiger partial charge < -0.3 is 5.32 Å². The minimum atomic E-state index is -0.0949. The molecule has 0 radical (unpaired) electrons. The molecule has 0 aliphatic heterocycles. The van der Waals surface area contributed by atoms with Gasteiger partial charge in [-0.15, -0.1) is 0 Å². The first-order valence-corrected chi connectivity index (χ1v) is 5.72. The van der Waals surface area contributed by atoms with Crippen LogP contribution in [0.4, 0.5) is 0 Å². The summed E-state index contributed by atoms with van der Waals surface area (Å²) in [5.41, 5.74) is 2.04. The largest absolute Gasteiger partial charge is 0.349 e. The van der Waals surface area contributed by atoms with Gasteiger partial charge in [0.15, 0.2) is 0 Å². The second-order valence-electron chi connectivity index (χ2n) is 3.47. The van der Waals surface area contributed by atoms with Crippen molar-refractivity contribution >= 4 is 30.1 Å². The molecular formula is C11H14ClNOS. The average molecular weight is 244 g/mol. The lowest BCUT2D eigenvalue weighted by atomic mass is 10.1. The molecule has 2 nitrogen and oxygen atoms in total. The zero-order valence-corrected chi connectivity index (χ0v) is 10.4. The van der Waals surface area contributed by atoms with Crippen LogP contribution in [0.15, 0.2) is 18.2 Å². The highest BCUT2D eigenvalue weighted by Gasteiger charge is 2.11. The molecular weight excluding hydrogens is 230 g/mol. The predicted octanol–water partition coefficient (Wildman–Crippen LogP) is 2.76. The molecule has 1 aromatic carbocycles. The van der Waals surface area contributed by atoms with Gasteiger partial charge in [0.05, 0.1) is 11.8 Å². The van der Waals surface area contributed by atoms with E-state index < -0.39 is 0 Å². The van der Waals surface area contributed by atoms with E-state index in [9.17, 15) is 4.79 Å². The number of aryl methyl sites for hydroxylation is 1. The third kappa shape index (κ3) is 3.43. The van der Waals surface area contributed by atoms with E-state index in [4.69, 9.17) is 11.6 Å². The van der Waals surface area contributed by atoms with Crippen LogP contribution in [0, 0.1) is 6.92 Å². The van der Waals surface area contributed by atoms with E-state index in [0.717, 1.165) is 11.1 Å². The minimum absolute atomic E-state index is 0.0854. The van der Waals surface area contributed by atoms with Gasteiger partial charge in [0.25, 0.3) is 0 Å². The fourth-order valence-electron chi connectivity index (χ4n) is 1.35. The minimum Gasteiger partial charge on any atom is -0.349 e. The molecule has 0 aliphatic rings. The van der Waals surface area contributed by atoms with Gasteiger partial charge in [-0.25, -0.2) is 0 Å². The van der Waals surface area contributed by atoms with E-state index in [1.807, 2.05) is 32.0 Å². The molecule has 1 unspecified atom stereocenters. The zero-order chi connectivity index (χ0) is 11.4. The van der Waals surface area contributed by atoms with E-state index in [2.05, 4.69) is 17.9 Å². The smallest absolute Gasteiger partial charge is 0.230 e. The Hall–Kier alpha value is -0.670. The van der Waals surface area contributed by atoms with Crippen molar-refractivity contribution in [3.05, 3.63) is 34.3 Å². The molecule has 1 amide bonds. The summed E-state index contributed by atoms with van der Waals surface area (Å²) < 4.78 is 0. The van der Waals surface area contributed by atoms with Crippen LogP contribution in [-0.2, 0) is 4.79 Å². The number of benzene rings is 1. The van der Waals surface area contributed by atoms with Crippen molar-refractivity contribution in [1.29, 1.82) is 0 Å². The van der Waals surface area contributed by atoms with Gasteiger partial charge in [0.2, 0.25) is 5.91 Å². The number of rotatable bonds is 3. The summed E-state index contributed by atoms with van der Waals surface area (Å²) in [6.07, 6.45) is 0. The van der Waals surface area contributed by atoms with Crippen LogP contribution in [0.5, 0.6) is 0 Å². The maximum absolute atomic E-state index is 11.1. The first-order valence-electron chi connectivity index (χ1n) is 4.71. The van der Waals surface area contributed by atoms with Crippen molar-refractivity contribution in [1.82, 2.24) is 5.32 Å². The van der Waals surface area contributed by atoms with Gasteiger partial charge in [-0.05, 0) is 31.0 Å². The average Bonchev–Trinajstić information content (AvgIpc) is 2.17. The number of carbonyl (C=O) groups is 1. The molecule has 1 atom stereocenters. The number of hydrogen-bond donors (Lipinski definition) is 2. The molecule has 1 aromatic rings. The molecule has 1 rings (SSSR count). The molecule has 0 aliphatic carbocycles. The number of halogens is 1. The summed E-state index contributed by atoms with van der Waals surface area (Å²) in [4.78, 5) is 11.1. The van der Waals surface area contributed by atoms with Crippen LogP contribution in [0.25, 0.3) is 0 Å². The van der Waals surface area contributed by atoms with Crippen LogP contribution in [-0.4, -0.2) is 11.7 Å². The van der Waals surface area contributed by atoms with Crippen molar-refractivity contribution < 1.29 is 4.79 Å². The van der Waals surface area contributed by atoms with Crippen molar-refractivity contribution in [2.24, 2.45) is 0 Å². The Bertz CT molecular complexity index is 368. The molecule has 0 fully saturated rings. The molecule has 0 aromatic heterocycles. The first-order chi connectivity index (χ1) is 7.04. The molecule has 0 spiro atoms. The van der Waals surface area contributed by atoms with Crippen molar-refractivity contribution in [2.45, 2.75) is 19.9 Å². The van der Waals surface area contributed by atoms with Crippen molar-refractivity contribution in [3.8, 4) is 0 Å². The van der Waals surface area contributed by atoms with Gasteiger partial charge in [-0.3, -0.25) is 4.79 Å². The SMILES string of the molecule is Cc1ccc(C(C)NC(=O)CS)c(Cl)c1. The van der Waals surface area contributed by atoms with E-state index in [0.29, 0.717) is 5.02 Å². The predicted molar refractivity (Wildman–Crippen MR) is 66.6 cm³/mol. The van der Waals surface area contributed by atoms with Gasteiger partial charge in [-0.2, -0.15) is 12.6 Å². The van der Waals surface area contributed by atoms with Crippen LogP contribution in [0.1, 0.15) is 24.1 Å². The molecule has 0 heterocycles. The third-order valence-corrected chi connectivity index (χ3v) is 2.76. The second kappa shape index (κ2) is 5.42. The van der Waals surface area contributed by atoms with Crippen LogP contribution in [0.3, 0.4) is 0 Å². The Morgan fingerprint density at radius 2 is 2.27 bits per heavy atom. The highest BCUT2D eigenvalue weighted by molar-refractivity contribution is 7.81. The molecule has 4 heteroatoms. The summed E-state index contributed by atoms with van der Waals surface area (Å²) in [6.45, 7) is 3.88. The second-order valence-corrected chi connectivity index (χ2v) is 4.20. The molecule has 82 valence electrons. The van der Waals surface area contributed by atoms with E-state index in [-0.39, 0.29) is 17.7 Å². The Labute approximate surface area is 100 Å². The van der Waals surface area contributed by atoms with Crippen LogP contribution in [0.2, 0.25) is 5.02 Å². The number of carbonyl (C=O) groups excluding carboxylic acids is 1. The van der Waals surface area contributed by atoms with Crippen molar-refractivity contribution in [2.75, 3.05) is 5.75 Å². The number of thiol groups is 1. The van der Waals surface area contributed by atoms with Crippen LogP contribution >= 0.6 is 24.2 Å². The summed E-state index contributed by atoms with van der Waals surface area (Å²) in [5, 5.41) is 3.49. The zero-order valence-electron chi connectivity index (χ0n) is 8.75. The molecule has 1 N–H and O–H groups in total. The fourth-order valence-corrected chi connectivity index (χ4v) is 1.84. The quantitative estimate of drug-likeness (QED) is 0.786. The van der Waals surface area contributed by atoms with Gasteiger partial charge in [0, 0.05) is 5.02 Å². The Kier molecular flexibility index (Phi) is 4.48. The van der Waals surface area contributed by atoms with Gasteiger partial charge in [0.1, 0.15) is 0 Å². The number of hydrogen-bond acceptors (Lipinski definition) is 2. The van der Waals surface area contributed by atoms with Crippen LogP contribution < -0.4 is 5.32 Å². The summed E-state index contributed by atoms with van der Waals surface area (Å²) in [6, 6.07) is 5.71. The van der Waals surface area contributed by atoms with Gasteiger partial charge >= 0.3 is 0 Å². The monoisotopic (exact) mass is 243 g/mol. The van der Waals surface area contributed by atoms with E-state index in [1.54, 1.807) is 0 Å². The lowest BCUT2D eigenvalue weighted by Crippen LogP contribution is -2.27. The summed E-state index contributed by atoms with van der Waals surface area (Å²) >= 11 is 9.98. The lowest BCUT2D eigenvalue weighted by Gasteiger charge is -2.15. The van der Waals surface area contributed by atoms with Crippen molar-refractivity contribution in [3.63, 3.8) is 0 Å². The Morgan fingerprint density at radius 1 is 1.60 bits per heavy atom. The molecule has 15 heavy (non-hydrogen) atoms. The fraction of sp³-hybridized carbons (Fsp3) is 0.364. The summed E-state index contributed by atoms with van der Waals surface area (Å²) in [5.74, 6) is 0.0934. The van der Waals surface area contributed by atoms with E-state index in [1.165, 1.54) is 0 Å². The molecule has 0 saturated carbocycles. The summed E-state index contributed by atoms with van der Waals surface area (Å²) in [7, 11) is 0. The standard InChI is InChI=1S/C11H14ClNOS/c1-7-3-4-9(10(12)5-7)8(2)13-11(14)6-15/h3-5,8,15H,6H2,1-2H3,(H,13,14). The maximum Gasteiger partial charge on any atom is 0.230 e. The highest BCUT2D eigenvalue weighted by Crippen LogP contribution is 2.23. The molecule has 0 saturated heterocycles. The van der Waals surface area contributed by atoms with E-state index >= 15 is 0 Å². The third-order valence-electron chi connectivity index (χ3n) is 2.14. The molecule has 0 bridgehead atoms. The van der Waals surface area contributed by atoms with Gasteiger partial charge in [-0.1, -0.05) is 23.7 Å². The lowest BCUT2D eigenvalue weighted by molar-refractivity contribution is -0.119. The Morgan fingerprint density at radius 3 is 2.80 bits per heavy atom. The normalized spacial score (nSPS) is 12.3. The maximum atomic E-state index is 11.1. The number of amides is 1. The topological polar surface area (TPSA) is 29.1 Å². The first kappa shape index (κ1) is 12.4. The highest BCUT2D eigenvalue weighted by atomic mass is 35.5. The Balaban J connectivity index is 2.82. The number of nitrogens with one attached hydrogen (secondary N) is 1.